The summed E-state index contributed by atoms with van der Waals surface area (Å²) in [5.74, 6) is -1.22. The van der Waals surface area contributed by atoms with Crippen LogP contribution in [-0.4, -0.2) is 48.5 Å². The fourth-order valence-corrected chi connectivity index (χ4v) is 2.58. The van der Waals surface area contributed by atoms with Crippen molar-refractivity contribution < 1.29 is 28.5 Å². The number of sulfonamides is 1. The summed E-state index contributed by atoms with van der Waals surface area (Å²) in [5, 5.41) is 27.4. The van der Waals surface area contributed by atoms with E-state index in [1.54, 1.807) is 6.92 Å². The second kappa shape index (κ2) is 5.88. The predicted molar refractivity (Wildman–Crippen MR) is 71.0 cm³/mol. The fourth-order valence-electron chi connectivity index (χ4n) is 1.39. The highest BCUT2D eigenvalue weighted by atomic mass is 32.2. The molecular weight excluding hydrogens is 286 g/mol. The predicted octanol–water partition coefficient (Wildman–Crippen LogP) is -0.285. The maximum absolute atomic E-state index is 12.0. The Morgan fingerprint density at radius 3 is 2.50 bits per heavy atom. The van der Waals surface area contributed by atoms with Gasteiger partial charge in [0.2, 0.25) is 10.0 Å². The van der Waals surface area contributed by atoms with Crippen molar-refractivity contribution in [2.45, 2.75) is 24.3 Å². The summed E-state index contributed by atoms with van der Waals surface area (Å²) in [7, 11) is -3.96. The Bertz CT molecular complexity index is 608. The number of nitrogens with one attached hydrogen (secondary N) is 1. The van der Waals surface area contributed by atoms with E-state index in [0.29, 0.717) is 5.56 Å². The lowest BCUT2D eigenvalue weighted by molar-refractivity contribution is 0.00681. The van der Waals surface area contributed by atoms with Crippen molar-refractivity contribution in [2.75, 3.05) is 13.2 Å². The first-order valence-corrected chi connectivity index (χ1v) is 7.24. The minimum Gasteiger partial charge on any atom is -0.478 e. The lowest BCUT2D eigenvalue weighted by atomic mass is 10.1. The van der Waals surface area contributed by atoms with E-state index in [2.05, 4.69) is 4.72 Å². The van der Waals surface area contributed by atoms with E-state index >= 15 is 0 Å². The molecule has 4 N–H and O–H groups in total. The van der Waals surface area contributed by atoms with E-state index in [1.807, 2.05) is 0 Å². The van der Waals surface area contributed by atoms with Crippen molar-refractivity contribution in [3.05, 3.63) is 29.3 Å². The number of benzene rings is 1. The summed E-state index contributed by atoms with van der Waals surface area (Å²) in [4.78, 5) is 10.8. The molecule has 1 aromatic rings. The first kappa shape index (κ1) is 16.6. The first-order valence-electron chi connectivity index (χ1n) is 5.76. The molecular formula is C12H17NO6S. The van der Waals surface area contributed by atoms with Crippen LogP contribution in [0.3, 0.4) is 0 Å². The molecule has 0 aliphatic rings. The number of hydrogen-bond acceptors (Lipinski definition) is 5. The molecule has 0 spiro atoms. The molecule has 0 amide bonds. The van der Waals surface area contributed by atoms with Crippen molar-refractivity contribution in [3.8, 4) is 0 Å². The van der Waals surface area contributed by atoms with Crippen LogP contribution in [0.2, 0.25) is 0 Å². The summed E-state index contributed by atoms with van der Waals surface area (Å²) in [5.41, 5.74) is -1.26. The Morgan fingerprint density at radius 2 is 2.00 bits per heavy atom. The summed E-state index contributed by atoms with van der Waals surface area (Å²) < 4.78 is 26.1. The molecule has 0 radical (unpaired) electrons. The Morgan fingerprint density at radius 1 is 1.40 bits per heavy atom. The quantitative estimate of drug-likeness (QED) is 0.573. The molecule has 112 valence electrons. The number of carboxylic acids is 1. The van der Waals surface area contributed by atoms with Crippen LogP contribution >= 0.6 is 0 Å². The number of rotatable bonds is 6. The number of aromatic carboxylic acids is 1. The van der Waals surface area contributed by atoms with Crippen LogP contribution in [0.25, 0.3) is 0 Å². The number of aliphatic hydroxyl groups excluding tert-OH is 1. The van der Waals surface area contributed by atoms with Crippen molar-refractivity contribution >= 4 is 16.0 Å². The van der Waals surface area contributed by atoms with E-state index in [0.717, 1.165) is 6.07 Å². The maximum Gasteiger partial charge on any atom is 0.335 e. The number of carboxylic acid groups (broad SMARTS) is 1. The van der Waals surface area contributed by atoms with Gasteiger partial charge in [-0.25, -0.2) is 17.9 Å². The minimum atomic E-state index is -3.96. The molecule has 7 nitrogen and oxygen atoms in total. The van der Waals surface area contributed by atoms with E-state index < -0.39 is 28.2 Å². The van der Waals surface area contributed by atoms with Crippen LogP contribution in [-0.2, 0) is 10.0 Å². The van der Waals surface area contributed by atoms with E-state index in [9.17, 15) is 18.3 Å². The molecule has 0 aliphatic carbocycles. The lowest BCUT2D eigenvalue weighted by Gasteiger charge is -2.20. The molecule has 0 aromatic heterocycles. The van der Waals surface area contributed by atoms with Gasteiger partial charge in [-0.15, -0.1) is 0 Å². The third kappa shape index (κ3) is 4.01. The van der Waals surface area contributed by atoms with Gasteiger partial charge in [-0.2, -0.15) is 0 Å². The molecule has 8 heteroatoms. The molecule has 20 heavy (non-hydrogen) atoms. The van der Waals surface area contributed by atoms with Gasteiger partial charge in [0.25, 0.3) is 0 Å². The number of aryl methyl sites for hydroxylation is 1. The van der Waals surface area contributed by atoms with Gasteiger partial charge < -0.3 is 15.3 Å². The van der Waals surface area contributed by atoms with Crippen molar-refractivity contribution in [3.63, 3.8) is 0 Å². The molecule has 0 aliphatic heterocycles. The average Bonchev–Trinajstić information content (AvgIpc) is 2.36. The molecule has 1 unspecified atom stereocenters. The van der Waals surface area contributed by atoms with Gasteiger partial charge in [-0.05, 0) is 31.5 Å². The fraction of sp³-hybridized carbons (Fsp3) is 0.417. The van der Waals surface area contributed by atoms with Crippen LogP contribution in [0.4, 0.5) is 0 Å². The zero-order valence-electron chi connectivity index (χ0n) is 11.1. The standard InChI is InChI=1S/C12H17NO6S/c1-8-3-4-9(5-10(8)11(15)16)20(18,19)13-6-12(2,17)7-14/h3-5,13-14,17H,6-7H2,1-2H3,(H,15,16). The second-order valence-electron chi connectivity index (χ2n) is 4.76. The topological polar surface area (TPSA) is 124 Å². The van der Waals surface area contributed by atoms with E-state index in [1.165, 1.54) is 19.1 Å². The van der Waals surface area contributed by atoms with Gasteiger partial charge in [0.1, 0.15) is 0 Å². The van der Waals surface area contributed by atoms with Gasteiger partial charge in [-0.1, -0.05) is 6.07 Å². The van der Waals surface area contributed by atoms with E-state index in [-0.39, 0.29) is 17.0 Å². The molecule has 1 rings (SSSR count). The molecule has 0 saturated heterocycles. The summed E-state index contributed by atoms with van der Waals surface area (Å²) in [6.45, 7) is 1.84. The zero-order chi connectivity index (χ0) is 15.6. The number of carbonyl (C=O) groups is 1. The smallest absolute Gasteiger partial charge is 0.335 e. The summed E-state index contributed by atoms with van der Waals surface area (Å²) in [6, 6.07) is 3.72. The van der Waals surface area contributed by atoms with Crippen molar-refractivity contribution in [1.82, 2.24) is 4.72 Å². The number of aliphatic hydroxyl groups is 2. The normalized spacial score (nSPS) is 14.8. The van der Waals surface area contributed by atoms with Crippen molar-refractivity contribution in [1.29, 1.82) is 0 Å². The highest BCUT2D eigenvalue weighted by Crippen LogP contribution is 2.16. The Balaban J connectivity index is 3.05. The minimum absolute atomic E-state index is 0.109. The third-order valence-electron chi connectivity index (χ3n) is 2.73. The van der Waals surface area contributed by atoms with Crippen LogP contribution in [0, 0.1) is 6.92 Å². The van der Waals surface area contributed by atoms with Gasteiger partial charge in [0.05, 0.1) is 22.7 Å². The SMILES string of the molecule is Cc1ccc(S(=O)(=O)NCC(C)(O)CO)cc1C(=O)O. The molecule has 1 atom stereocenters. The molecule has 0 bridgehead atoms. The maximum atomic E-state index is 12.0. The second-order valence-corrected chi connectivity index (χ2v) is 6.53. The third-order valence-corrected chi connectivity index (χ3v) is 4.13. The Labute approximate surface area is 116 Å². The summed E-state index contributed by atoms with van der Waals surface area (Å²) in [6.07, 6.45) is 0. The van der Waals surface area contributed by atoms with Crippen LogP contribution in [0.5, 0.6) is 0 Å². The van der Waals surface area contributed by atoms with Crippen LogP contribution < -0.4 is 4.72 Å². The molecule has 0 fully saturated rings. The van der Waals surface area contributed by atoms with Crippen LogP contribution in [0.1, 0.15) is 22.8 Å². The molecule has 0 saturated carbocycles. The monoisotopic (exact) mass is 303 g/mol. The summed E-state index contributed by atoms with van der Waals surface area (Å²) >= 11 is 0. The Hall–Kier alpha value is -1.48. The van der Waals surface area contributed by atoms with Gasteiger partial charge in [0, 0.05) is 6.54 Å². The lowest BCUT2D eigenvalue weighted by Crippen LogP contribution is -2.43. The number of hydrogen-bond donors (Lipinski definition) is 4. The largest absolute Gasteiger partial charge is 0.478 e. The highest BCUT2D eigenvalue weighted by Gasteiger charge is 2.24. The van der Waals surface area contributed by atoms with Crippen LogP contribution in [0.15, 0.2) is 23.1 Å². The molecule has 1 aromatic carbocycles. The highest BCUT2D eigenvalue weighted by molar-refractivity contribution is 7.89. The van der Waals surface area contributed by atoms with Gasteiger partial charge in [-0.3, -0.25) is 0 Å². The van der Waals surface area contributed by atoms with Crippen molar-refractivity contribution in [2.24, 2.45) is 0 Å². The average molecular weight is 303 g/mol. The Kier molecular flexibility index (Phi) is 4.87. The molecule has 0 heterocycles. The van der Waals surface area contributed by atoms with Gasteiger partial charge in [0.15, 0.2) is 0 Å². The zero-order valence-corrected chi connectivity index (χ0v) is 11.9. The first-order chi connectivity index (χ1) is 9.09. The van der Waals surface area contributed by atoms with Gasteiger partial charge >= 0.3 is 5.97 Å². The van der Waals surface area contributed by atoms with E-state index in [4.69, 9.17) is 10.2 Å².